The molecule has 100 valence electrons. The molecule has 0 saturated carbocycles. The SMILES string of the molecule is CSc1cc(C)ccc1CN=C(N)NCC(C)C. The molecule has 0 saturated heterocycles. The van der Waals surface area contributed by atoms with E-state index in [2.05, 4.69) is 55.5 Å². The number of nitrogens with one attached hydrogen (secondary N) is 1. The molecule has 1 aromatic carbocycles. The van der Waals surface area contributed by atoms with Crippen LogP contribution in [0.3, 0.4) is 0 Å². The Morgan fingerprint density at radius 1 is 1.44 bits per heavy atom. The molecule has 0 amide bonds. The summed E-state index contributed by atoms with van der Waals surface area (Å²) in [7, 11) is 0. The van der Waals surface area contributed by atoms with Crippen LogP contribution in [0.2, 0.25) is 0 Å². The van der Waals surface area contributed by atoms with Crippen molar-refractivity contribution in [2.75, 3.05) is 12.8 Å². The maximum atomic E-state index is 5.82. The van der Waals surface area contributed by atoms with Gasteiger partial charge in [0.25, 0.3) is 0 Å². The zero-order chi connectivity index (χ0) is 13.5. The van der Waals surface area contributed by atoms with Gasteiger partial charge in [0.05, 0.1) is 6.54 Å². The van der Waals surface area contributed by atoms with Gasteiger partial charge in [0, 0.05) is 11.4 Å². The summed E-state index contributed by atoms with van der Waals surface area (Å²) in [6.07, 6.45) is 2.09. The Hall–Kier alpha value is -1.16. The van der Waals surface area contributed by atoms with E-state index < -0.39 is 0 Å². The van der Waals surface area contributed by atoms with Crippen LogP contribution in [-0.4, -0.2) is 18.8 Å². The van der Waals surface area contributed by atoms with Crippen molar-refractivity contribution in [3.63, 3.8) is 0 Å². The zero-order valence-electron chi connectivity index (χ0n) is 11.7. The molecule has 0 radical (unpaired) electrons. The number of aryl methyl sites for hydroxylation is 1. The van der Waals surface area contributed by atoms with Crippen LogP contribution in [-0.2, 0) is 6.54 Å². The topological polar surface area (TPSA) is 50.4 Å². The van der Waals surface area contributed by atoms with Crippen molar-refractivity contribution in [1.82, 2.24) is 5.32 Å². The van der Waals surface area contributed by atoms with Gasteiger partial charge in [0.15, 0.2) is 5.96 Å². The van der Waals surface area contributed by atoms with Crippen LogP contribution in [0.15, 0.2) is 28.1 Å². The highest BCUT2D eigenvalue weighted by Gasteiger charge is 2.01. The Morgan fingerprint density at radius 2 is 2.17 bits per heavy atom. The van der Waals surface area contributed by atoms with E-state index in [4.69, 9.17) is 5.73 Å². The Bertz CT molecular complexity index is 414. The van der Waals surface area contributed by atoms with Gasteiger partial charge in [-0.3, -0.25) is 0 Å². The number of nitrogens with zero attached hydrogens (tertiary/aromatic N) is 1. The van der Waals surface area contributed by atoms with E-state index in [-0.39, 0.29) is 0 Å². The van der Waals surface area contributed by atoms with E-state index in [9.17, 15) is 0 Å². The van der Waals surface area contributed by atoms with E-state index in [0.29, 0.717) is 18.4 Å². The third-order valence-corrected chi connectivity index (χ3v) is 3.37. The first-order chi connectivity index (χ1) is 8.52. The van der Waals surface area contributed by atoms with Gasteiger partial charge in [-0.2, -0.15) is 0 Å². The van der Waals surface area contributed by atoms with Crippen LogP contribution >= 0.6 is 11.8 Å². The average molecular weight is 265 g/mol. The molecule has 0 aliphatic carbocycles. The van der Waals surface area contributed by atoms with Gasteiger partial charge in [-0.25, -0.2) is 4.99 Å². The Labute approximate surface area is 114 Å². The van der Waals surface area contributed by atoms with Crippen LogP contribution in [0.25, 0.3) is 0 Å². The van der Waals surface area contributed by atoms with Crippen molar-refractivity contribution in [3.05, 3.63) is 29.3 Å². The number of hydrogen-bond donors (Lipinski definition) is 2. The highest BCUT2D eigenvalue weighted by Crippen LogP contribution is 2.22. The third kappa shape index (κ3) is 5.00. The van der Waals surface area contributed by atoms with Crippen molar-refractivity contribution in [2.45, 2.75) is 32.2 Å². The molecule has 0 aliphatic heterocycles. The van der Waals surface area contributed by atoms with Crippen molar-refractivity contribution in [1.29, 1.82) is 0 Å². The quantitative estimate of drug-likeness (QED) is 0.489. The van der Waals surface area contributed by atoms with Crippen molar-refractivity contribution in [3.8, 4) is 0 Å². The van der Waals surface area contributed by atoms with Gasteiger partial charge in [-0.1, -0.05) is 26.0 Å². The van der Waals surface area contributed by atoms with Crippen LogP contribution in [0.4, 0.5) is 0 Å². The predicted octanol–water partition coefficient (Wildman–Crippen LogP) is 2.78. The maximum absolute atomic E-state index is 5.82. The lowest BCUT2D eigenvalue weighted by molar-refractivity contribution is 0.621. The van der Waals surface area contributed by atoms with Crippen molar-refractivity contribution >= 4 is 17.7 Å². The van der Waals surface area contributed by atoms with Crippen molar-refractivity contribution < 1.29 is 0 Å². The molecule has 18 heavy (non-hydrogen) atoms. The van der Waals surface area contributed by atoms with E-state index >= 15 is 0 Å². The highest BCUT2D eigenvalue weighted by atomic mass is 32.2. The molecule has 1 aromatic rings. The largest absolute Gasteiger partial charge is 0.370 e. The van der Waals surface area contributed by atoms with Gasteiger partial charge in [-0.05, 0) is 36.3 Å². The lowest BCUT2D eigenvalue weighted by Crippen LogP contribution is -2.34. The fraction of sp³-hybridized carbons (Fsp3) is 0.500. The van der Waals surface area contributed by atoms with E-state index in [0.717, 1.165) is 6.54 Å². The second kappa shape index (κ2) is 7.31. The molecule has 0 aromatic heterocycles. The molecule has 0 unspecified atom stereocenters. The molecule has 0 bridgehead atoms. The number of rotatable bonds is 5. The molecule has 0 aliphatic rings. The Kier molecular flexibility index (Phi) is 6.05. The summed E-state index contributed by atoms with van der Waals surface area (Å²) in [5, 5.41) is 3.12. The average Bonchev–Trinajstić information content (AvgIpc) is 2.34. The minimum Gasteiger partial charge on any atom is -0.370 e. The number of thioether (sulfide) groups is 1. The molecule has 0 heterocycles. The Morgan fingerprint density at radius 3 is 2.78 bits per heavy atom. The molecule has 3 nitrogen and oxygen atoms in total. The highest BCUT2D eigenvalue weighted by molar-refractivity contribution is 7.98. The van der Waals surface area contributed by atoms with E-state index in [1.165, 1.54) is 16.0 Å². The molecule has 0 spiro atoms. The normalized spacial score (nSPS) is 11.9. The number of aliphatic imine (C=N–C) groups is 1. The smallest absolute Gasteiger partial charge is 0.188 e. The van der Waals surface area contributed by atoms with Crippen LogP contribution in [0, 0.1) is 12.8 Å². The summed E-state index contributed by atoms with van der Waals surface area (Å²) in [5.74, 6) is 1.09. The lowest BCUT2D eigenvalue weighted by Gasteiger charge is -2.09. The minimum absolute atomic E-state index is 0.524. The predicted molar refractivity (Wildman–Crippen MR) is 81.1 cm³/mol. The molecule has 1 rings (SSSR count). The number of nitrogens with two attached hydrogens (primary N) is 1. The fourth-order valence-electron chi connectivity index (χ4n) is 1.52. The first kappa shape index (κ1) is 14.9. The summed E-state index contributed by atoms with van der Waals surface area (Å²) in [4.78, 5) is 5.65. The second-order valence-electron chi connectivity index (χ2n) is 4.79. The summed E-state index contributed by atoms with van der Waals surface area (Å²) in [5.41, 5.74) is 8.32. The number of benzene rings is 1. The van der Waals surface area contributed by atoms with E-state index in [1.54, 1.807) is 11.8 Å². The minimum atomic E-state index is 0.524. The summed E-state index contributed by atoms with van der Waals surface area (Å²) in [6.45, 7) is 7.88. The lowest BCUT2D eigenvalue weighted by atomic mass is 10.1. The number of hydrogen-bond acceptors (Lipinski definition) is 2. The first-order valence-corrected chi connectivity index (χ1v) is 7.42. The van der Waals surface area contributed by atoms with Crippen LogP contribution in [0.1, 0.15) is 25.0 Å². The van der Waals surface area contributed by atoms with Crippen LogP contribution < -0.4 is 11.1 Å². The molecule has 3 N–H and O–H groups in total. The standard InChI is InChI=1S/C14H23N3S/c1-10(2)8-16-14(15)17-9-12-6-5-11(3)7-13(12)18-4/h5-7,10H,8-9H2,1-4H3,(H3,15,16,17). The maximum Gasteiger partial charge on any atom is 0.188 e. The van der Waals surface area contributed by atoms with Gasteiger partial charge in [0.2, 0.25) is 0 Å². The van der Waals surface area contributed by atoms with Crippen LogP contribution in [0.5, 0.6) is 0 Å². The number of guanidine groups is 1. The van der Waals surface area contributed by atoms with Gasteiger partial charge in [0.1, 0.15) is 0 Å². The summed E-state index contributed by atoms with van der Waals surface area (Å²) in [6, 6.07) is 6.43. The second-order valence-corrected chi connectivity index (χ2v) is 5.64. The molecular weight excluding hydrogens is 242 g/mol. The van der Waals surface area contributed by atoms with Gasteiger partial charge < -0.3 is 11.1 Å². The van der Waals surface area contributed by atoms with E-state index in [1.807, 2.05) is 0 Å². The monoisotopic (exact) mass is 265 g/mol. The van der Waals surface area contributed by atoms with Crippen molar-refractivity contribution in [2.24, 2.45) is 16.6 Å². The molecule has 4 heteroatoms. The van der Waals surface area contributed by atoms with Gasteiger partial charge >= 0.3 is 0 Å². The molecule has 0 fully saturated rings. The fourth-order valence-corrected chi connectivity index (χ4v) is 2.22. The molecule has 0 atom stereocenters. The van der Waals surface area contributed by atoms with Gasteiger partial charge in [-0.15, -0.1) is 11.8 Å². The Balaban J connectivity index is 2.64. The zero-order valence-corrected chi connectivity index (χ0v) is 12.5. The summed E-state index contributed by atoms with van der Waals surface area (Å²) < 4.78 is 0. The third-order valence-electron chi connectivity index (χ3n) is 2.55. The molecular formula is C14H23N3S. The first-order valence-electron chi connectivity index (χ1n) is 6.20. The summed E-state index contributed by atoms with van der Waals surface area (Å²) >= 11 is 1.75.